The molecule has 0 atom stereocenters. The monoisotopic (exact) mass is 396 g/mol. The predicted molar refractivity (Wildman–Crippen MR) is 117 cm³/mol. The van der Waals surface area contributed by atoms with Crippen molar-refractivity contribution in [2.75, 3.05) is 27.2 Å². The number of thioether (sulfide) groups is 1. The van der Waals surface area contributed by atoms with E-state index in [0.29, 0.717) is 5.56 Å². The Morgan fingerprint density at radius 2 is 1.89 bits per heavy atom. The van der Waals surface area contributed by atoms with E-state index in [4.69, 9.17) is 0 Å². The van der Waals surface area contributed by atoms with Crippen LogP contribution >= 0.6 is 11.8 Å². The summed E-state index contributed by atoms with van der Waals surface area (Å²) in [7, 11) is 3.44. The number of carbonyl (C=O) groups excluding carboxylic acids is 1. The van der Waals surface area contributed by atoms with Crippen LogP contribution in [-0.2, 0) is 6.42 Å². The predicted octanol–water partition coefficient (Wildman–Crippen LogP) is 3.08. The lowest BCUT2D eigenvalue weighted by Crippen LogP contribution is -2.41. The van der Waals surface area contributed by atoms with Crippen molar-refractivity contribution in [1.29, 1.82) is 0 Å². The van der Waals surface area contributed by atoms with Crippen LogP contribution in [0, 0.1) is 0 Å². The topological polar surface area (TPSA) is 65.5 Å². The average molecular weight is 397 g/mol. The molecule has 5 nitrogen and oxygen atoms in total. The van der Waals surface area contributed by atoms with E-state index in [9.17, 15) is 4.79 Å². The summed E-state index contributed by atoms with van der Waals surface area (Å²) in [5.74, 6) is 0.764. The molecular formula is C22H28N4OS. The fourth-order valence-corrected chi connectivity index (χ4v) is 4.24. The summed E-state index contributed by atoms with van der Waals surface area (Å²) < 4.78 is 0.279. The second kappa shape index (κ2) is 9.64. The van der Waals surface area contributed by atoms with Gasteiger partial charge in [0.1, 0.15) is 0 Å². The highest BCUT2D eigenvalue weighted by atomic mass is 32.2. The van der Waals surface area contributed by atoms with Gasteiger partial charge in [0.05, 0.1) is 0 Å². The second-order valence-electron chi connectivity index (χ2n) is 6.98. The van der Waals surface area contributed by atoms with Gasteiger partial charge in [0, 0.05) is 42.4 Å². The van der Waals surface area contributed by atoms with E-state index < -0.39 is 0 Å². The number of guanidine groups is 1. The molecule has 3 N–H and O–H groups in total. The molecule has 3 rings (SSSR count). The summed E-state index contributed by atoms with van der Waals surface area (Å²) >= 11 is 1.95. The Morgan fingerprint density at radius 3 is 2.57 bits per heavy atom. The number of rotatable bonds is 8. The van der Waals surface area contributed by atoms with E-state index in [1.165, 1.54) is 17.7 Å². The summed E-state index contributed by atoms with van der Waals surface area (Å²) in [6.45, 7) is 1.66. The number of hydrogen-bond acceptors (Lipinski definition) is 3. The second-order valence-corrected chi connectivity index (χ2v) is 8.52. The summed E-state index contributed by atoms with van der Waals surface area (Å²) in [4.78, 5) is 17.4. The number of nitrogens with one attached hydrogen (secondary N) is 3. The molecule has 0 saturated heterocycles. The number of amides is 1. The number of carbonyl (C=O) groups is 1. The van der Waals surface area contributed by atoms with E-state index in [1.54, 1.807) is 14.1 Å². The van der Waals surface area contributed by atoms with Crippen molar-refractivity contribution in [3.8, 4) is 0 Å². The Hall–Kier alpha value is -2.47. The SMILES string of the molecule is CN=C(NCCc1cccc(C(=O)NC)c1)NCC1(Sc2ccccc2)CC1. The van der Waals surface area contributed by atoms with Crippen LogP contribution in [-0.4, -0.2) is 43.8 Å². The third kappa shape index (κ3) is 5.76. The summed E-state index contributed by atoms with van der Waals surface area (Å²) in [6.07, 6.45) is 3.28. The molecule has 0 spiro atoms. The molecule has 0 radical (unpaired) electrons. The first-order valence-electron chi connectivity index (χ1n) is 9.64. The van der Waals surface area contributed by atoms with E-state index in [1.807, 2.05) is 36.0 Å². The maximum absolute atomic E-state index is 11.8. The van der Waals surface area contributed by atoms with Crippen LogP contribution in [0.4, 0.5) is 0 Å². The number of benzene rings is 2. The molecule has 0 heterocycles. The molecule has 28 heavy (non-hydrogen) atoms. The van der Waals surface area contributed by atoms with E-state index >= 15 is 0 Å². The molecule has 2 aromatic carbocycles. The molecule has 148 valence electrons. The first kappa shape index (κ1) is 20.3. The van der Waals surface area contributed by atoms with Gasteiger partial charge in [-0.3, -0.25) is 9.79 Å². The minimum absolute atomic E-state index is 0.0575. The minimum Gasteiger partial charge on any atom is -0.356 e. The van der Waals surface area contributed by atoms with Crippen LogP contribution in [0.2, 0.25) is 0 Å². The highest BCUT2D eigenvalue weighted by Crippen LogP contribution is 2.51. The first-order chi connectivity index (χ1) is 13.6. The van der Waals surface area contributed by atoms with Crippen molar-refractivity contribution in [2.45, 2.75) is 28.9 Å². The van der Waals surface area contributed by atoms with Crippen LogP contribution in [0.3, 0.4) is 0 Å². The van der Waals surface area contributed by atoms with Crippen LogP contribution in [0.15, 0.2) is 64.5 Å². The molecule has 0 aliphatic heterocycles. The van der Waals surface area contributed by atoms with E-state index in [2.05, 4.69) is 51.3 Å². The van der Waals surface area contributed by atoms with Crippen LogP contribution < -0.4 is 16.0 Å². The Kier molecular flexibility index (Phi) is 6.98. The Balaban J connectivity index is 1.45. The Labute approximate surface area is 171 Å². The average Bonchev–Trinajstić information content (AvgIpc) is 3.50. The van der Waals surface area contributed by atoms with Gasteiger partial charge in [0.25, 0.3) is 5.91 Å². The van der Waals surface area contributed by atoms with Crippen molar-refractivity contribution < 1.29 is 4.79 Å². The summed E-state index contributed by atoms with van der Waals surface area (Å²) in [5, 5.41) is 9.51. The first-order valence-corrected chi connectivity index (χ1v) is 10.5. The number of nitrogens with zero attached hydrogens (tertiary/aromatic N) is 1. The quantitative estimate of drug-likeness (QED) is 0.474. The molecular weight excluding hydrogens is 368 g/mol. The molecule has 1 aliphatic rings. The van der Waals surface area contributed by atoms with Crippen LogP contribution in [0.25, 0.3) is 0 Å². The van der Waals surface area contributed by atoms with Gasteiger partial charge in [-0.05, 0) is 49.1 Å². The van der Waals surface area contributed by atoms with Gasteiger partial charge in [0.15, 0.2) is 5.96 Å². The number of aliphatic imine (C=N–C) groups is 1. The van der Waals surface area contributed by atoms with Gasteiger partial charge >= 0.3 is 0 Å². The smallest absolute Gasteiger partial charge is 0.251 e. The highest BCUT2D eigenvalue weighted by Gasteiger charge is 2.43. The van der Waals surface area contributed by atoms with Crippen LogP contribution in [0.1, 0.15) is 28.8 Å². The lowest BCUT2D eigenvalue weighted by Gasteiger charge is -2.18. The fraction of sp³-hybridized carbons (Fsp3) is 0.364. The minimum atomic E-state index is -0.0575. The molecule has 1 fully saturated rings. The normalized spacial score (nSPS) is 15.0. The zero-order valence-corrected chi connectivity index (χ0v) is 17.3. The molecule has 1 saturated carbocycles. The lowest BCUT2D eigenvalue weighted by molar-refractivity contribution is 0.0963. The molecule has 1 amide bonds. The van der Waals surface area contributed by atoms with Gasteiger partial charge in [-0.2, -0.15) is 0 Å². The van der Waals surface area contributed by atoms with Crippen molar-refractivity contribution in [1.82, 2.24) is 16.0 Å². The van der Waals surface area contributed by atoms with Gasteiger partial charge in [-0.25, -0.2) is 0 Å². The van der Waals surface area contributed by atoms with Crippen molar-refractivity contribution in [2.24, 2.45) is 4.99 Å². The van der Waals surface area contributed by atoms with E-state index in [0.717, 1.165) is 31.0 Å². The molecule has 0 aromatic heterocycles. The van der Waals surface area contributed by atoms with Gasteiger partial charge in [-0.15, -0.1) is 11.8 Å². The van der Waals surface area contributed by atoms with Crippen molar-refractivity contribution in [3.63, 3.8) is 0 Å². The molecule has 6 heteroatoms. The maximum atomic E-state index is 11.8. The van der Waals surface area contributed by atoms with E-state index in [-0.39, 0.29) is 10.7 Å². The van der Waals surface area contributed by atoms with Crippen molar-refractivity contribution in [3.05, 3.63) is 65.7 Å². The third-order valence-electron chi connectivity index (χ3n) is 4.81. The van der Waals surface area contributed by atoms with Crippen molar-refractivity contribution >= 4 is 23.6 Å². The Morgan fingerprint density at radius 1 is 1.11 bits per heavy atom. The molecule has 1 aliphatic carbocycles. The third-order valence-corrected chi connectivity index (χ3v) is 6.30. The number of hydrogen-bond donors (Lipinski definition) is 3. The Bertz CT molecular complexity index is 818. The summed E-state index contributed by atoms with van der Waals surface area (Å²) in [6, 6.07) is 18.3. The molecule has 0 unspecified atom stereocenters. The summed E-state index contributed by atoms with van der Waals surface area (Å²) in [5.41, 5.74) is 1.82. The van der Waals surface area contributed by atoms with Gasteiger partial charge in [-0.1, -0.05) is 30.3 Å². The van der Waals surface area contributed by atoms with Gasteiger partial charge < -0.3 is 16.0 Å². The zero-order valence-electron chi connectivity index (χ0n) is 16.5. The zero-order chi connectivity index (χ0) is 19.8. The molecule has 2 aromatic rings. The van der Waals surface area contributed by atoms with Crippen LogP contribution in [0.5, 0.6) is 0 Å². The van der Waals surface area contributed by atoms with Gasteiger partial charge in [0.2, 0.25) is 0 Å². The standard InChI is InChI=1S/C22H28N4OS/c1-23-20(27)18-8-6-7-17(15-18)11-14-25-21(24-2)26-16-22(12-13-22)28-19-9-4-3-5-10-19/h3-10,15H,11-14,16H2,1-2H3,(H,23,27)(H2,24,25,26). The largest absolute Gasteiger partial charge is 0.356 e. The lowest BCUT2D eigenvalue weighted by atomic mass is 10.1. The highest BCUT2D eigenvalue weighted by molar-refractivity contribution is 8.01. The fourth-order valence-electron chi connectivity index (χ4n) is 3.00. The molecule has 0 bridgehead atoms. The maximum Gasteiger partial charge on any atom is 0.251 e.